The third-order valence-electron chi connectivity index (χ3n) is 4.30. The zero-order chi connectivity index (χ0) is 20.1. The minimum Gasteiger partial charge on any atom is -0.497 e. The van der Waals surface area contributed by atoms with Crippen LogP contribution in [0.5, 0.6) is 5.75 Å². The first-order valence-electron chi connectivity index (χ1n) is 9.00. The van der Waals surface area contributed by atoms with Crippen molar-refractivity contribution >= 4 is 40.5 Å². The van der Waals surface area contributed by atoms with E-state index in [9.17, 15) is 4.79 Å². The Bertz CT molecular complexity index is 1150. The Morgan fingerprint density at radius 1 is 1.00 bits per heavy atom. The van der Waals surface area contributed by atoms with E-state index in [-0.39, 0.29) is 6.03 Å². The number of pyridine rings is 1. The molecule has 2 aromatic carbocycles. The van der Waals surface area contributed by atoms with Crippen LogP contribution in [-0.4, -0.2) is 28.3 Å². The Morgan fingerprint density at radius 3 is 2.55 bits per heavy atom. The maximum absolute atomic E-state index is 12.2. The van der Waals surface area contributed by atoms with Gasteiger partial charge in [0.2, 0.25) is 0 Å². The number of anilines is 2. The fourth-order valence-corrected chi connectivity index (χ4v) is 2.85. The van der Waals surface area contributed by atoms with Gasteiger partial charge in [0.15, 0.2) is 0 Å². The molecule has 0 atom stereocenters. The molecule has 2 heterocycles. The third-order valence-corrected chi connectivity index (χ3v) is 4.30. The van der Waals surface area contributed by atoms with Gasteiger partial charge in [0, 0.05) is 23.0 Å². The molecule has 3 N–H and O–H groups in total. The summed E-state index contributed by atoms with van der Waals surface area (Å²) in [6, 6.07) is 18.1. The second kappa shape index (κ2) is 8.26. The first-order valence-corrected chi connectivity index (χ1v) is 9.00. The molecule has 0 aliphatic rings. The molecule has 0 spiro atoms. The molecule has 0 radical (unpaired) electrons. The third kappa shape index (κ3) is 4.41. The van der Waals surface area contributed by atoms with Crippen molar-refractivity contribution in [1.82, 2.24) is 15.2 Å². The predicted octanol–water partition coefficient (Wildman–Crippen LogP) is 4.78. The van der Waals surface area contributed by atoms with E-state index in [2.05, 4.69) is 25.8 Å². The molecule has 4 aromatic rings. The van der Waals surface area contributed by atoms with Gasteiger partial charge in [-0.15, -0.1) is 0 Å². The molecule has 0 saturated heterocycles. The lowest BCUT2D eigenvalue weighted by Gasteiger charge is -2.08. The predicted molar refractivity (Wildman–Crippen MR) is 115 cm³/mol. The highest BCUT2D eigenvalue weighted by atomic mass is 16.5. The van der Waals surface area contributed by atoms with Crippen LogP contribution >= 0.6 is 0 Å². The number of aromatic amines is 1. The van der Waals surface area contributed by atoms with Gasteiger partial charge in [-0.3, -0.25) is 10.1 Å². The van der Waals surface area contributed by atoms with E-state index in [0.717, 1.165) is 28.0 Å². The van der Waals surface area contributed by atoms with Crippen LogP contribution in [0.3, 0.4) is 0 Å². The van der Waals surface area contributed by atoms with Crippen LogP contribution in [0.25, 0.3) is 23.1 Å². The van der Waals surface area contributed by atoms with Crippen LogP contribution in [0.4, 0.5) is 16.2 Å². The van der Waals surface area contributed by atoms with Gasteiger partial charge >= 0.3 is 6.03 Å². The highest BCUT2D eigenvalue weighted by Gasteiger charge is 2.07. The summed E-state index contributed by atoms with van der Waals surface area (Å²) in [7, 11) is 1.60. The van der Waals surface area contributed by atoms with Gasteiger partial charge < -0.3 is 15.4 Å². The van der Waals surface area contributed by atoms with Crippen molar-refractivity contribution in [3.63, 3.8) is 0 Å². The van der Waals surface area contributed by atoms with E-state index in [4.69, 9.17) is 4.74 Å². The van der Waals surface area contributed by atoms with E-state index >= 15 is 0 Å². The summed E-state index contributed by atoms with van der Waals surface area (Å²) in [5, 5.41) is 13.9. The molecule has 7 heteroatoms. The molecule has 0 fully saturated rings. The summed E-state index contributed by atoms with van der Waals surface area (Å²) >= 11 is 0. The molecule has 0 bridgehead atoms. The summed E-state index contributed by atoms with van der Waals surface area (Å²) in [5.41, 5.74) is 3.82. The smallest absolute Gasteiger partial charge is 0.323 e. The second-order valence-electron chi connectivity index (χ2n) is 6.26. The SMILES string of the molecule is COc1ccc(NC(=O)Nc2ccc3c(/C=C/c4ccccn4)n[nH]c3c2)cc1. The highest BCUT2D eigenvalue weighted by Crippen LogP contribution is 2.22. The lowest BCUT2D eigenvalue weighted by atomic mass is 10.1. The number of rotatable bonds is 5. The van der Waals surface area contributed by atoms with Crippen molar-refractivity contribution in [2.75, 3.05) is 17.7 Å². The Kier molecular flexibility index (Phi) is 5.20. The fourth-order valence-electron chi connectivity index (χ4n) is 2.85. The van der Waals surface area contributed by atoms with Crippen LogP contribution in [0, 0.1) is 0 Å². The van der Waals surface area contributed by atoms with Crippen molar-refractivity contribution in [3.05, 3.63) is 78.2 Å². The zero-order valence-corrected chi connectivity index (χ0v) is 15.7. The number of amides is 2. The van der Waals surface area contributed by atoms with Crippen molar-refractivity contribution < 1.29 is 9.53 Å². The molecule has 144 valence electrons. The van der Waals surface area contributed by atoms with E-state index in [1.807, 2.05) is 48.6 Å². The molecule has 29 heavy (non-hydrogen) atoms. The average Bonchev–Trinajstić information content (AvgIpc) is 3.15. The number of nitrogens with one attached hydrogen (secondary N) is 3. The summed E-state index contributed by atoms with van der Waals surface area (Å²) < 4.78 is 5.11. The molecule has 4 rings (SSSR count). The number of H-pyrrole nitrogens is 1. The van der Waals surface area contributed by atoms with Crippen molar-refractivity contribution in [1.29, 1.82) is 0 Å². The van der Waals surface area contributed by atoms with E-state index in [1.54, 1.807) is 37.6 Å². The van der Waals surface area contributed by atoms with Crippen LogP contribution in [0.2, 0.25) is 0 Å². The molecule has 0 aliphatic heterocycles. The number of hydrogen-bond acceptors (Lipinski definition) is 4. The summed E-state index contributed by atoms with van der Waals surface area (Å²) in [5.74, 6) is 0.730. The Hall–Kier alpha value is -4.13. The van der Waals surface area contributed by atoms with E-state index in [1.165, 1.54) is 0 Å². The number of fused-ring (bicyclic) bond motifs is 1. The van der Waals surface area contributed by atoms with Gasteiger partial charge in [-0.1, -0.05) is 6.07 Å². The van der Waals surface area contributed by atoms with Crippen LogP contribution < -0.4 is 15.4 Å². The van der Waals surface area contributed by atoms with Gasteiger partial charge in [-0.05, 0) is 66.7 Å². The number of ether oxygens (including phenoxy) is 1. The normalized spacial score (nSPS) is 10.9. The number of methoxy groups -OCH3 is 1. The lowest BCUT2D eigenvalue weighted by Crippen LogP contribution is -2.19. The lowest BCUT2D eigenvalue weighted by molar-refractivity contribution is 0.262. The molecule has 0 saturated carbocycles. The minimum atomic E-state index is -0.329. The van der Waals surface area contributed by atoms with E-state index < -0.39 is 0 Å². The number of carbonyl (C=O) groups is 1. The zero-order valence-electron chi connectivity index (χ0n) is 15.7. The molecule has 0 aliphatic carbocycles. The van der Waals surface area contributed by atoms with Gasteiger partial charge in [-0.2, -0.15) is 5.10 Å². The number of benzene rings is 2. The summed E-state index contributed by atoms with van der Waals surface area (Å²) in [4.78, 5) is 16.5. The Labute approximate surface area is 167 Å². The molecule has 2 amide bonds. The Balaban J connectivity index is 1.45. The van der Waals surface area contributed by atoms with Gasteiger partial charge in [-0.25, -0.2) is 4.79 Å². The maximum Gasteiger partial charge on any atom is 0.323 e. The van der Waals surface area contributed by atoms with Gasteiger partial charge in [0.25, 0.3) is 0 Å². The minimum absolute atomic E-state index is 0.329. The Morgan fingerprint density at radius 2 is 1.79 bits per heavy atom. The largest absolute Gasteiger partial charge is 0.497 e. The highest BCUT2D eigenvalue weighted by molar-refractivity contribution is 6.01. The molecular weight excluding hydrogens is 366 g/mol. The van der Waals surface area contributed by atoms with Gasteiger partial charge in [0.05, 0.1) is 24.0 Å². The second-order valence-corrected chi connectivity index (χ2v) is 6.26. The topological polar surface area (TPSA) is 91.9 Å². The number of aromatic nitrogens is 3. The number of urea groups is 1. The van der Waals surface area contributed by atoms with E-state index in [0.29, 0.717) is 11.4 Å². The molecule has 2 aromatic heterocycles. The monoisotopic (exact) mass is 385 g/mol. The maximum atomic E-state index is 12.2. The quantitative estimate of drug-likeness (QED) is 0.461. The number of nitrogens with zero attached hydrogens (tertiary/aromatic N) is 2. The van der Waals surface area contributed by atoms with Crippen molar-refractivity contribution in [2.24, 2.45) is 0 Å². The standard InChI is InChI=1S/C22H19N5O2/c1-29-18-9-5-16(6-10-18)24-22(28)25-17-7-11-19-20(26-27-21(19)14-17)12-8-15-4-2-3-13-23-15/h2-14H,1H3,(H,26,27)(H2,24,25,28)/b12-8+. The van der Waals surface area contributed by atoms with Crippen LogP contribution in [0.15, 0.2) is 66.9 Å². The van der Waals surface area contributed by atoms with Crippen molar-refractivity contribution in [2.45, 2.75) is 0 Å². The first-order chi connectivity index (χ1) is 14.2. The summed E-state index contributed by atoms with van der Waals surface area (Å²) in [6.45, 7) is 0. The fraction of sp³-hybridized carbons (Fsp3) is 0.0455. The number of hydrogen-bond donors (Lipinski definition) is 3. The molecule has 7 nitrogen and oxygen atoms in total. The molecule has 0 unspecified atom stereocenters. The average molecular weight is 385 g/mol. The van der Waals surface area contributed by atoms with Crippen molar-refractivity contribution in [3.8, 4) is 5.75 Å². The van der Waals surface area contributed by atoms with Crippen LogP contribution in [0.1, 0.15) is 11.4 Å². The van der Waals surface area contributed by atoms with Crippen LogP contribution in [-0.2, 0) is 0 Å². The number of carbonyl (C=O) groups excluding carboxylic acids is 1. The molecular formula is C22H19N5O2. The summed E-state index contributed by atoms with van der Waals surface area (Å²) in [6.07, 6.45) is 5.56. The van der Waals surface area contributed by atoms with Gasteiger partial charge in [0.1, 0.15) is 5.75 Å². The first kappa shape index (κ1) is 18.2.